The third-order valence-corrected chi connectivity index (χ3v) is 3.39. The molecule has 1 atom stereocenters. The van der Waals surface area contributed by atoms with E-state index < -0.39 is 0 Å². The molecule has 0 heterocycles. The van der Waals surface area contributed by atoms with Crippen LogP contribution in [0, 0.1) is 0 Å². The van der Waals surface area contributed by atoms with Gasteiger partial charge in [-0.15, -0.1) is 0 Å². The molecule has 1 aromatic carbocycles. The lowest BCUT2D eigenvalue weighted by Gasteiger charge is -2.25. The predicted octanol–water partition coefficient (Wildman–Crippen LogP) is 2.50. The van der Waals surface area contributed by atoms with Gasteiger partial charge in [-0.25, -0.2) is 0 Å². The number of halogens is 1. The Morgan fingerprint density at radius 1 is 1.41 bits per heavy atom. The number of nitrogens with one attached hydrogen (secondary N) is 1. The first-order valence-electron chi connectivity index (χ1n) is 6.28. The second-order valence-corrected chi connectivity index (χ2v) is 4.57. The fourth-order valence-corrected chi connectivity index (χ4v) is 2.41. The van der Waals surface area contributed by atoms with Crippen LogP contribution >= 0.6 is 0 Å². The lowest BCUT2D eigenvalue weighted by atomic mass is 9.88. The van der Waals surface area contributed by atoms with Crippen molar-refractivity contribution in [3.05, 3.63) is 29.3 Å². The largest absolute Gasteiger partial charge is 0.497 e. The van der Waals surface area contributed by atoms with E-state index in [2.05, 4.69) is 17.4 Å². The number of methoxy groups -OCH3 is 1. The average Bonchev–Trinajstić information content (AvgIpc) is 2.38. The molecule has 0 amide bonds. The van der Waals surface area contributed by atoms with E-state index in [0.29, 0.717) is 12.5 Å². The fraction of sp³-hybridized carbons (Fsp3) is 0.571. The molecule has 1 aromatic rings. The molecule has 94 valence electrons. The molecule has 0 spiro atoms. The van der Waals surface area contributed by atoms with Crippen molar-refractivity contribution in [2.24, 2.45) is 0 Å². The maximum atomic E-state index is 12.0. The summed E-state index contributed by atoms with van der Waals surface area (Å²) in [6.07, 6.45) is 3.89. The SMILES string of the molecule is COc1ccc2c(c1)C[C@H](NCCCF)CC2. The van der Waals surface area contributed by atoms with Gasteiger partial charge in [0.15, 0.2) is 0 Å². The molecule has 0 bridgehead atoms. The summed E-state index contributed by atoms with van der Waals surface area (Å²) >= 11 is 0. The third kappa shape index (κ3) is 3.19. The molecule has 0 radical (unpaired) electrons. The maximum Gasteiger partial charge on any atom is 0.119 e. The van der Waals surface area contributed by atoms with Crippen LogP contribution in [0.2, 0.25) is 0 Å². The van der Waals surface area contributed by atoms with Crippen molar-refractivity contribution >= 4 is 0 Å². The molecule has 2 nitrogen and oxygen atoms in total. The van der Waals surface area contributed by atoms with Gasteiger partial charge in [0.25, 0.3) is 0 Å². The molecule has 3 heteroatoms. The zero-order valence-electron chi connectivity index (χ0n) is 10.3. The van der Waals surface area contributed by atoms with Crippen molar-refractivity contribution < 1.29 is 9.13 Å². The third-order valence-electron chi connectivity index (χ3n) is 3.39. The quantitative estimate of drug-likeness (QED) is 0.794. The number of fused-ring (bicyclic) bond motifs is 1. The van der Waals surface area contributed by atoms with Gasteiger partial charge in [-0.3, -0.25) is 4.39 Å². The first kappa shape index (κ1) is 12.4. The molecule has 0 saturated carbocycles. The molecular formula is C14H20FNO. The summed E-state index contributed by atoms with van der Waals surface area (Å²) in [5, 5.41) is 3.42. The highest BCUT2D eigenvalue weighted by Gasteiger charge is 2.18. The number of aryl methyl sites for hydroxylation is 1. The van der Waals surface area contributed by atoms with E-state index in [1.54, 1.807) is 7.11 Å². The molecule has 17 heavy (non-hydrogen) atoms. The normalized spacial score (nSPS) is 18.8. The molecule has 1 aliphatic rings. The van der Waals surface area contributed by atoms with Crippen molar-refractivity contribution in [3.8, 4) is 5.75 Å². The summed E-state index contributed by atoms with van der Waals surface area (Å²) in [7, 11) is 1.70. The van der Waals surface area contributed by atoms with Gasteiger partial charge < -0.3 is 10.1 Å². The van der Waals surface area contributed by atoms with Crippen LogP contribution in [0.15, 0.2) is 18.2 Å². The minimum atomic E-state index is -0.232. The maximum absolute atomic E-state index is 12.0. The standard InChI is InChI=1S/C14H20FNO/c1-17-14-6-4-11-3-5-13(9-12(11)10-14)16-8-2-7-15/h4,6,10,13,16H,2-3,5,7-9H2,1H3/t13-/m1/s1. The van der Waals surface area contributed by atoms with Gasteiger partial charge in [0, 0.05) is 6.04 Å². The lowest BCUT2D eigenvalue weighted by Crippen LogP contribution is -2.35. The number of hydrogen-bond donors (Lipinski definition) is 1. The van der Waals surface area contributed by atoms with E-state index in [1.807, 2.05) is 6.07 Å². The Hall–Kier alpha value is -1.09. The van der Waals surface area contributed by atoms with Crippen LogP contribution in [0.25, 0.3) is 0 Å². The number of rotatable bonds is 5. The van der Waals surface area contributed by atoms with E-state index in [-0.39, 0.29) is 6.67 Å². The lowest BCUT2D eigenvalue weighted by molar-refractivity contribution is 0.405. The van der Waals surface area contributed by atoms with Crippen LogP contribution in [-0.4, -0.2) is 26.4 Å². The number of hydrogen-bond acceptors (Lipinski definition) is 2. The summed E-state index contributed by atoms with van der Waals surface area (Å²) < 4.78 is 17.3. The number of alkyl halides is 1. The van der Waals surface area contributed by atoms with Crippen LogP contribution in [0.1, 0.15) is 24.0 Å². The molecular weight excluding hydrogens is 217 g/mol. The van der Waals surface area contributed by atoms with E-state index in [0.717, 1.165) is 31.6 Å². The van der Waals surface area contributed by atoms with Gasteiger partial charge in [-0.1, -0.05) is 6.07 Å². The second kappa shape index (κ2) is 6.01. The highest BCUT2D eigenvalue weighted by molar-refractivity contribution is 5.37. The zero-order chi connectivity index (χ0) is 12.1. The highest BCUT2D eigenvalue weighted by atomic mass is 19.1. The van der Waals surface area contributed by atoms with Crippen molar-refractivity contribution in [1.29, 1.82) is 0 Å². The topological polar surface area (TPSA) is 21.3 Å². The Kier molecular flexibility index (Phi) is 4.37. The Labute approximate surface area is 102 Å². The smallest absolute Gasteiger partial charge is 0.119 e. The van der Waals surface area contributed by atoms with Gasteiger partial charge in [-0.2, -0.15) is 0 Å². The van der Waals surface area contributed by atoms with E-state index in [4.69, 9.17) is 4.74 Å². The second-order valence-electron chi connectivity index (χ2n) is 4.57. The van der Waals surface area contributed by atoms with Crippen LogP contribution in [0.4, 0.5) is 4.39 Å². The number of ether oxygens (including phenoxy) is 1. The fourth-order valence-electron chi connectivity index (χ4n) is 2.41. The van der Waals surface area contributed by atoms with E-state index in [1.165, 1.54) is 11.1 Å². The van der Waals surface area contributed by atoms with Crippen LogP contribution in [0.5, 0.6) is 5.75 Å². The van der Waals surface area contributed by atoms with Crippen molar-refractivity contribution in [2.45, 2.75) is 31.7 Å². The first-order chi connectivity index (χ1) is 8.33. The molecule has 0 aromatic heterocycles. The van der Waals surface area contributed by atoms with E-state index >= 15 is 0 Å². The zero-order valence-corrected chi connectivity index (χ0v) is 10.3. The van der Waals surface area contributed by atoms with Crippen molar-refractivity contribution in [1.82, 2.24) is 5.32 Å². The Morgan fingerprint density at radius 2 is 2.29 bits per heavy atom. The number of benzene rings is 1. The summed E-state index contributed by atoms with van der Waals surface area (Å²) in [5.41, 5.74) is 2.79. The molecule has 0 saturated heterocycles. The molecule has 0 unspecified atom stereocenters. The predicted molar refractivity (Wildman–Crippen MR) is 67.4 cm³/mol. The summed E-state index contributed by atoms with van der Waals surface area (Å²) in [6.45, 7) is 0.546. The van der Waals surface area contributed by atoms with Gasteiger partial charge in [0.1, 0.15) is 5.75 Å². The van der Waals surface area contributed by atoms with Crippen molar-refractivity contribution in [3.63, 3.8) is 0 Å². The van der Waals surface area contributed by atoms with Gasteiger partial charge in [0.05, 0.1) is 13.8 Å². The monoisotopic (exact) mass is 237 g/mol. The van der Waals surface area contributed by atoms with Gasteiger partial charge in [-0.05, 0) is 55.5 Å². The summed E-state index contributed by atoms with van der Waals surface area (Å²) in [4.78, 5) is 0. The minimum absolute atomic E-state index is 0.232. The van der Waals surface area contributed by atoms with Crippen molar-refractivity contribution in [2.75, 3.05) is 20.3 Å². The molecule has 0 aliphatic heterocycles. The Balaban J connectivity index is 1.96. The molecule has 1 N–H and O–H groups in total. The average molecular weight is 237 g/mol. The van der Waals surface area contributed by atoms with Gasteiger partial charge in [0.2, 0.25) is 0 Å². The highest BCUT2D eigenvalue weighted by Crippen LogP contribution is 2.25. The summed E-state index contributed by atoms with van der Waals surface area (Å²) in [5.74, 6) is 0.924. The molecule has 2 rings (SSSR count). The van der Waals surface area contributed by atoms with E-state index in [9.17, 15) is 4.39 Å². The molecule has 0 fully saturated rings. The minimum Gasteiger partial charge on any atom is -0.497 e. The summed E-state index contributed by atoms with van der Waals surface area (Å²) in [6, 6.07) is 6.79. The first-order valence-corrected chi connectivity index (χ1v) is 6.28. The van der Waals surface area contributed by atoms with Gasteiger partial charge >= 0.3 is 0 Å². The van der Waals surface area contributed by atoms with Crippen LogP contribution in [0.3, 0.4) is 0 Å². The Morgan fingerprint density at radius 3 is 3.06 bits per heavy atom. The van der Waals surface area contributed by atoms with Crippen LogP contribution < -0.4 is 10.1 Å². The molecule has 1 aliphatic carbocycles. The Bertz CT molecular complexity index is 367. The van der Waals surface area contributed by atoms with Crippen LogP contribution in [-0.2, 0) is 12.8 Å².